The van der Waals surface area contributed by atoms with E-state index in [2.05, 4.69) is 177 Å². The molecule has 0 aliphatic heterocycles. The first-order chi connectivity index (χ1) is 26.8. The number of carbonyl (C=O) groups excluding carboxylic acids is 1. The van der Waals surface area contributed by atoms with Gasteiger partial charge in [0.25, 0.3) is 0 Å². The Morgan fingerprint density at radius 3 is 1.08 bits per heavy atom. The molecule has 0 unspecified atom stereocenters. The molecule has 6 nitrogen and oxygen atoms in total. The number of carbonyl (C=O) groups is 2. The molecule has 6 N–H and O–H groups in total. The number of benzene rings is 1. The van der Waals surface area contributed by atoms with E-state index in [4.69, 9.17) is 21.7 Å². The molecule has 0 saturated heterocycles. The van der Waals surface area contributed by atoms with E-state index >= 15 is 0 Å². The maximum Gasteiger partial charge on any atom is 0.303 e. The summed E-state index contributed by atoms with van der Waals surface area (Å²) in [5, 5.41) is 16.7. The highest BCUT2D eigenvalue weighted by Gasteiger charge is 2.13. The van der Waals surface area contributed by atoms with Crippen molar-refractivity contribution in [1.82, 2.24) is 0 Å². The van der Waals surface area contributed by atoms with Crippen LogP contribution in [0.4, 0.5) is 0 Å². The number of amides is 1. The number of carboxylic acids is 1. The van der Waals surface area contributed by atoms with Gasteiger partial charge in [0.1, 0.15) is 0 Å². The number of unbranched alkanes of at least 4 members (excludes halogenated alkanes) is 2. The molecule has 0 aliphatic carbocycles. The lowest BCUT2D eigenvalue weighted by molar-refractivity contribution is -0.137. The molecule has 1 aromatic carbocycles. The second-order valence-corrected chi connectivity index (χ2v) is 26.4. The molecule has 368 valence electrons. The second kappa shape index (κ2) is 35.4. The molecule has 1 amide bonds. The van der Waals surface area contributed by atoms with E-state index < -0.39 is 5.97 Å². The molecule has 0 aromatic heterocycles. The first-order valence-electron chi connectivity index (χ1n) is 23.7. The summed E-state index contributed by atoms with van der Waals surface area (Å²) in [6.07, 6.45) is 12.0. The van der Waals surface area contributed by atoms with E-state index in [-0.39, 0.29) is 23.2 Å². The van der Waals surface area contributed by atoms with Gasteiger partial charge in [-0.1, -0.05) is 209 Å². The molecular weight excluding hydrogens is 753 g/mol. The Hall–Kier alpha value is -1.92. The van der Waals surface area contributed by atoms with Crippen LogP contribution < -0.4 is 11.5 Å². The van der Waals surface area contributed by atoms with Gasteiger partial charge in [-0.05, 0) is 114 Å². The highest BCUT2D eigenvalue weighted by molar-refractivity contribution is 5.73. The van der Waals surface area contributed by atoms with Gasteiger partial charge in [-0.2, -0.15) is 0 Å². The minimum absolute atomic E-state index is 0.151. The van der Waals surface area contributed by atoms with Crippen LogP contribution in [0.15, 0.2) is 24.3 Å². The number of aryl methyl sites for hydroxylation is 1. The lowest BCUT2D eigenvalue weighted by Gasteiger charge is -2.19. The average molecular weight is 868 g/mol. The molecule has 0 fully saturated rings. The molecule has 1 rings (SSSR count). The summed E-state index contributed by atoms with van der Waals surface area (Å²) in [5.41, 5.74) is 15.8. The first kappa shape index (κ1) is 70.7. The Morgan fingerprint density at radius 2 is 0.885 bits per heavy atom. The molecule has 0 heterocycles. The van der Waals surface area contributed by atoms with Crippen molar-refractivity contribution in [3.63, 3.8) is 0 Å². The zero-order valence-electron chi connectivity index (χ0n) is 46.2. The van der Waals surface area contributed by atoms with E-state index in [1.54, 1.807) is 0 Å². The normalized spacial score (nSPS) is 11.9. The topological polar surface area (TPSA) is 127 Å². The van der Waals surface area contributed by atoms with E-state index in [1.165, 1.54) is 43.2 Å². The molecular formula is C55H114N2O4. The van der Waals surface area contributed by atoms with Crippen molar-refractivity contribution in [2.75, 3.05) is 13.2 Å². The van der Waals surface area contributed by atoms with Crippen LogP contribution in [0, 0.1) is 50.7 Å². The van der Waals surface area contributed by atoms with Gasteiger partial charge < -0.3 is 21.7 Å². The third-order valence-corrected chi connectivity index (χ3v) is 7.80. The lowest BCUT2D eigenvalue weighted by Crippen LogP contribution is -2.14. The van der Waals surface area contributed by atoms with Crippen molar-refractivity contribution in [3.8, 4) is 0 Å². The molecule has 1 aromatic rings. The van der Waals surface area contributed by atoms with Gasteiger partial charge in [-0.3, -0.25) is 9.59 Å². The largest absolute Gasteiger partial charge is 0.481 e. The van der Waals surface area contributed by atoms with Gasteiger partial charge in [0.2, 0.25) is 5.91 Å². The number of aliphatic carboxylic acids is 1. The summed E-state index contributed by atoms with van der Waals surface area (Å²) in [6.45, 7) is 56.1. The predicted molar refractivity (Wildman–Crippen MR) is 275 cm³/mol. The highest BCUT2D eigenvalue weighted by atomic mass is 16.4. The van der Waals surface area contributed by atoms with Crippen molar-refractivity contribution in [2.45, 2.75) is 250 Å². The molecule has 0 saturated carbocycles. The smallest absolute Gasteiger partial charge is 0.303 e. The molecule has 61 heavy (non-hydrogen) atoms. The number of nitrogens with two attached hydrogens (primary N) is 2. The van der Waals surface area contributed by atoms with E-state index in [0.717, 1.165) is 44.6 Å². The Balaban J connectivity index is -0.000000146. The van der Waals surface area contributed by atoms with Gasteiger partial charge in [0, 0.05) is 19.4 Å². The maximum atomic E-state index is 10.3. The fourth-order valence-corrected chi connectivity index (χ4v) is 5.09. The van der Waals surface area contributed by atoms with Crippen LogP contribution in [-0.4, -0.2) is 35.2 Å². The quantitative estimate of drug-likeness (QED) is 0.156. The summed E-state index contributed by atoms with van der Waals surface area (Å²) in [6, 6.07) is 8.81. The summed E-state index contributed by atoms with van der Waals surface area (Å²) in [7, 11) is 0. The molecule has 6 heteroatoms. The van der Waals surface area contributed by atoms with Gasteiger partial charge in [-0.25, -0.2) is 0 Å². The van der Waals surface area contributed by atoms with Crippen LogP contribution in [0.25, 0.3) is 0 Å². The number of aliphatic hydroxyl groups excluding tert-OH is 1. The predicted octanol–water partition coefficient (Wildman–Crippen LogP) is 16.3. The zero-order chi connectivity index (χ0) is 50.1. The number of primary amides is 1. The Labute approximate surface area is 384 Å². The van der Waals surface area contributed by atoms with Crippen molar-refractivity contribution in [3.05, 3.63) is 35.4 Å². The molecule has 0 atom stereocenters. The van der Waals surface area contributed by atoms with Crippen LogP contribution >= 0.6 is 0 Å². The molecule has 0 bridgehead atoms. The number of hydrogen-bond donors (Lipinski definition) is 4. The maximum absolute atomic E-state index is 10.3. The van der Waals surface area contributed by atoms with Crippen molar-refractivity contribution < 1.29 is 19.8 Å². The number of aliphatic hydroxyl groups is 1. The summed E-state index contributed by atoms with van der Waals surface area (Å²) < 4.78 is 0. The minimum Gasteiger partial charge on any atom is -0.481 e. The van der Waals surface area contributed by atoms with Crippen LogP contribution in [0.5, 0.6) is 0 Å². The monoisotopic (exact) mass is 867 g/mol. The number of hydrogen-bond acceptors (Lipinski definition) is 4. The third kappa shape index (κ3) is 103. The summed E-state index contributed by atoms with van der Waals surface area (Å²) >= 11 is 0. The van der Waals surface area contributed by atoms with E-state index in [1.807, 2.05) is 20.8 Å². The van der Waals surface area contributed by atoms with Crippen molar-refractivity contribution >= 4 is 11.9 Å². The van der Waals surface area contributed by atoms with Crippen LogP contribution in [0.2, 0.25) is 0 Å². The Bertz CT molecular complexity index is 1080. The molecule has 0 aliphatic rings. The van der Waals surface area contributed by atoms with Crippen molar-refractivity contribution in [2.24, 2.45) is 55.3 Å². The first-order valence-corrected chi connectivity index (χ1v) is 23.7. The van der Waals surface area contributed by atoms with Gasteiger partial charge >= 0.3 is 5.97 Å². The van der Waals surface area contributed by atoms with Crippen LogP contribution in [-0.2, 0) is 16.0 Å². The fraction of sp³-hybridized carbons (Fsp3) is 0.855. The number of rotatable bonds is 12. The lowest BCUT2D eigenvalue weighted by atomic mass is 9.86. The summed E-state index contributed by atoms with van der Waals surface area (Å²) in [4.78, 5) is 20.3. The SMILES string of the molecule is CC(C)(C)C.CC(C)(C)CCC(=O)O.CC(C)(C)CCC(N)=O.CC(C)(C)CCCCN.CC(C)(C)CCCCO.CC(C)CC(C)(C)C.Cc1ccc(CC(C)(C)C)cc1. The van der Waals surface area contributed by atoms with E-state index in [0.29, 0.717) is 40.1 Å². The van der Waals surface area contributed by atoms with Crippen LogP contribution in [0.3, 0.4) is 0 Å². The standard InChI is InChI=1S/C12H18.C8H19N.C8H18O.C8H18.C7H15NO.C7H14O2.C5H12/c1-10-5-7-11(8-6-10)9-12(2,3)4;2*1-8(2,3)6-4-5-7-9;1-7(2)6-8(3,4)5;2*1-7(2,3)5-4-6(8)9;1-5(2,3)4/h5-8H,9H2,1-4H3;4-7,9H2,1-3H3;9H,4-7H2,1-3H3;7H,6H2,1-5H3;4-5H2,1-3H3,(H2,8,9);4-5H2,1-3H3,(H,8,9);1-4H3. The van der Waals surface area contributed by atoms with Crippen LogP contribution in [0.1, 0.15) is 248 Å². The van der Waals surface area contributed by atoms with Gasteiger partial charge in [0.15, 0.2) is 0 Å². The fourth-order valence-electron chi connectivity index (χ4n) is 5.09. The minimum atomic E-state index is -0.704. The third-order valence-electron chi connectivity index (χ3n) is 7.80. The van der Waals surface area contributed by atoms with Gasteiger partial charge in [-0.15, -0.1) is 0 Å². The van der Waals surface area contributed by atoms with Gasteiger partial charge in [0.05, 0.1) is 0 Å². The van der Waals surface area contributed by atoms with Crippen molar-refractivity contribution in [1.29, 1.82) is 0 Å². The number of carboxylic acid groups (broad SMARTS) is 1. The average Bonchev–Trinajstić information content (AvgIpc) is 2.98. The highest BCUT2D eigenvalue weighted by Crippen LogP contribution is 2.24. The molecule has 0 radical (unpaired) electrons. The Kier molecular flexibility index (Phi) is 41.1. The summed E-state index contributed by atoms with van der Waals surface area (Å²) in [5.74, 6) is -0.0650. The zero-order valence-corrected chi connectivity index (χ0v) is 46.2. The Morgan fingerprint density at radius 1 is 0.541 bits per heavy atom. The van der Waals surface area contributed by atoms with E-state index in [9.17, 15) is 9.59 Å². The molecule has 0 spiro atoms. The second-order valence-electron chi connectivity index (χ2n) is 26.4.